The van der Waals surface area contributed by atoms with Crippen LogP contribution in [-0.2, 0) is 9.84 Å². The normalized spacial score (nSPS) is 10.2. The molecule has 0 fully saturated rings. The summed E-state index contributed by atoms with van der Waals surface area (Å²) in [5, 5.41) is 1.00. The van der Waals surface area contributed by atoms with Crippen LogP contribution in [0.25, 0.3) is 0 Å². The summed E-state index contributed by atoms with van der Waals surface area (Å²) >= 11 is 11.4. The van der Waals surface area contributed by atoms with E-state index in [0.29, 0.717) is 10.0 Å². The molecular weight excluding hydrogens is 325 g/mol. The molecule has 0 saturated heterocycles. The Hall–Kier alpha value is 0.970. The first-order valence-electron chi connectivity index (χ1n) is 4.76. The predicted octanol–water partition coefficient (Wildman–Crippen LogP) is 2.53. The van der Waals surface area contributed by atoms with Crippen LogP contribution in [0.2, 0.25) is 10.0 Å². The molecule has 19 heavy (non-hydrogen) atoms. The van der Waals surface area contributed by atoms with E-state index in [1.54, 1.807) is 24.3 Å². The van der Waals surface area contributed by atoms with Gasteiger partial charge < -0.3 is 0 Å². The fourth-order valence-corrected chi connectivity index (χ4v) is 2.88. The zero-order valence-electron chi connectivity index (χ0n) is 8.60. The van der Waals surface area contributed by atoms with Crippen LogP contribution in [0.15, 0.2) is 58.3 Å². The zero-order valence-corrected chi connectivity index (χ0v) is 10.9. The van der Waals surface area contributed by atoms with E-state index in [1.807, 2.05) is 0 Å². The molecule has 0 heterocycles. The van der Waals surface area contributed by atoms with Crippen molar-refractivity contribution < 1.29 is 8.42 Å². The Morgan fingerprint density at radius 1 is 0.632 bits per heavy atom. The first-order chi connectivity index (χ1) is 8.00. The van der Waals surface area contributed by atoms with Crippen molar-refractivity contribution in [3.05, 3.63) is 58.6 Å². The van der Waals surface area contributed by atoms with Crippen LogP contribution in [0.4, 0.5) is 0 Å². The molecule has 2 nitrogen and oxygen atoms in total. The van der Waals surface area contributed by atoms with Crippen molar-refractivity contribution in [3.8, 4) is 0 Å². The summed E-state index contributed by atoms with van der Waals surface area (Å²) in [6, 6.07) is 12.1. The molecule has 0 aliphatic rings. The summed E-state index contributed by atoms with van der Waals surface area (Å²) in [5.74, 6) is 0. The molecule has 2 aromatic carbocycles. The molecule has 0 aromatic heterocycles. The average molecular weight is 335 g/mol. The molecule has 0 bridgehead atoms. The van der Waals surface area contributed by atoms with Gasteiger partial charge in [0, 0.05) is 10.0 Å². The standard InChI is InChI=1S/C12H8Cl2O2S.2Na.2H/c13-9-1-5-11(6-2-9)17(15,16)12-7-3-10(14)4-8-12;;;;/h1-8H;;;;. The molecule has 0 unspecified atom stereocenters. The number of halogens is 2. The summed E-state index contributed by atoms with van der Waals surface area (Å²) in [5.41, 5.74) is 0. The molecule has 0 N–H and O–H groups in total. The predicted molar refractivity (Wildman–Crippen MR) is 82.7 cm³/mol. The summed E-state index contributed by atoms with van der Waals surface area (Å²) < 4.78 is 24.3. The van der Waals surface area contributed by atoms with E-state index < -0.39 is 9.84 Å². The van der Waals surface area contributed by atoms with E-state index in [1.165, 1.54) is 24.3 Å². The van der Waals surface area contributed by atoms with Crippen LogP contribution < -0.4 is 0 Å². The Labute approximate surface area is 167 Å². The van der Waals surface area contributed by atoms with Gasteiger partial charge in [0.2, 0.25) is 9.84 Å². The first-order valence-corrected chi connectivity index (χ1v) is 7.00. The van der Waals surface area contributed by atoms with Crippen LogP contribution in [0.1, 0.15) is 0 Å². The molecule has 0 aliphatic carbocycles. The van der Waals surface area contributed by atoms with Crippen LogP contribution in [0, 0.1) is 0 Å². The number of hydrogen-bond acceptors (Lipinski definition) is 2. The molecule has 2 aromatic rings. The Kier molecular flexibility index (Phi) is 8.85. The van der Waals surface area contributed by atoms with Gasteiger partial charge in [0.15, 0.2) is 0 Å². The first kappa shape index (κ1) is 20.0. The Bertz CT molecular complexity index is 574. The van der Waals surface area contributed by atoms with Gasteiger partial charge in [-0.2, -0.15) is 0 Å². The third-order valence-electron chi connectivity index (χ3n) is 2.25. The second-order valence-corrected chi connectivity index (χ2v) is 6.23. The molecule has 2 rings (SSSR count). The second-order valence-electron chi connectivity index (χ2n) is 3.41. The minimum atomic E-state index is -3.49. The molecule has 0 spiro atoms. The van der Waals surface area contributed by atoms with E-state index >= 15 is 0 Å². The van der Waals surface area contributed by atoms with E-state index in [2.05, 4.69) is 0 Å². The fraction of sp³-hybridized carbons (Fsp3) is 0. The molecule has 0 aliphatic heterocycles. The number of sulfone groups is 1. The van der Waals surface area contributed by atoms with Gasteiger partial charge in [-0.3, -0.25) is 0 Å². The van der Waals surface area contributed by atoms with Gasteiger partial charge in [0.25, 0.3) is 0 Å². The van der Waals surface area contributed by atoms with Crippen molar-refractivity contribution in [1.29, 1.82) is 0 Å². The topological polar surface area (TPSA) is 34.1 Å². The van der Waals surface area contributed by atoms with Gasteiger partial charge >= 0.3 is 59.1 Å². The maximum atomic E-state index is 12.2. The molecule has 0 saturated carbocycles. The van der Waals surface area contributed by atoms with Gasteiger partial charge in [-0.1, -0.05) is 23.2 Å². The van der Waals surface area contributed by atoms with Crippen LogP contribution in [0.5, 0.6) is 0 Å². The molecule has 0 amide bonds. The van der Waals surface area contributed by atoms with Crippen molar-refractivity contribution in [2.75, 3.05) is 0 Å². The second kappa shape index (κ2) is 8.42. The van der Waals surface area contributed by atoms with Crippen molar-refractivity contribution in [2.24, 2.45) is 0 Å². The summed E-state index contributed by atoms with van der Waals surface area (Å²) in [6.07, 6.45) is 0. The molecule has 0 radical (unpaired) electrons. The van der Waals surface area contributed by atoms with Gasteiger partial charge in [-0.25, -0.2) is 8.42 Å². The van der Waals surface area contributed by atoms with Crippen molar-refractivity contribution in [3.63, 3.8) is 0 Å². The Balaban J connectivity index is 0.00000162. The third kappa shape index (κ3) is 5.03. The van der Waals surface area contributed by atoms with Crippen molar-refractivity contribution in [2.45, 2.75) is 9.79 Å². The SMILES string of the molecule is O=S(=O)(c1ccc(Cl)cc1)c1ccc(Cl)cc1.[NaH].[NaH]. The maximum absolute atomic E-state index is 12.2. The zero-order chi connectivity index (χ0) is 12.5. The summed E-state index contributed by atoms with van der Waals surface area (Å²) in [7, 11) is -3.49. The monoisotopic (exact) mass is 334 g/mol. The molecule has 92 valence electrons. The van der Waals surface area contributed by atoms with E-state index in [4.69, 9.17) is 23.2 Å². The Morgan fingerprint density at radius 3 is 1.16 bits per heavy atom. The van der Waals surface area contributed by atoms with Gasteiger partial charge in [0.1, 0.15) is 0 Å². The van der Waals surface area contributed by atoms with Crippen LogP contribution >= 0.6 is 23.2 Å². The van der Waals surface area contributed by atoms with E-state index in [-0.39, 0.29) is 68.9 Å². The molecular formula is C12H10Cl2Na2O2S. The average Bonchev–Trinajstić information content (AvgIpc) is 2.30. The Morgan fingerprint density at radius 2 is 0.895 bits per heavy atom. The van der Waals surface area contributed by atoms with Crippen LogP contribution in [0.3, 0.4) is 0 Å². The third-order valence-corrected chi connectivity index (χ3v) is 4.54. The van der Waals surface area contributed by atoms with Gasteiger partial charge in [-0.15, -0.1) is 0 Å². The van der Waals surface area contributed by atoms with Gasteiger partial charge in [0.05, 0.1) is 9.79 Å². The number of rotatable bonds is 2. The van der Waals surface area contributed by atoms with E-state index in [0.717, 1.165) is 0 Å². The summed E-state index contributed by atoms with van der Waals surface area (Å²) in [6.45, 7) is 0. The minimum absolute atomic E-state index is 0. The summed E-state index contributed by atoms with van der Waals surface area (Å²) in [4.78, 5) is 0.424. The number of benzene rings is 2. The molecule has 0 atom stereocenters. The van der Waals surface area contributed by atoms with Crippen molar-refractivity contribution in [1.82, 2.24) is 0 Å². The van der Waals surface area contributed by atoms with Crippen molar-refractivity contribution >= 4 is 92.2 Å². The van der Waals surface area contributed by atoms with Gasteiger partial charge in [-0.05, 0) is 48.5 Å². The van der Waals surface area contributed by atoms with Crippen LogP contribution in [-0.4, -0.2) is 67.5 Å². The van der Waals surface area contributed by atoms with E-state index in [9.17, 15) is 8.42 Å². The quantitative estimate of drug-likeness (QED) is 0.791. The number of hydrogen-bond donors (Lipinski definition) is 0. The fourth-order valence-electron chi connectivity index (χ4n) is 1.36. The molecule has 7 heteroatoms.